The van der Waals surface area contributed by atoms with Crippen LogP contribution in [-0.4, -0.2) is 27.1 Å². The van der Waals surface area contributed by atoms with Gasteiger partial charge in [-0.15, -0.1) is 0 Å². The highest BCUT2D eigenvalue weighted by molar-refractivity contribution is 6.08. The summed E-state index contributed by atoms with van der Waals surface area (Å²) in [7, 11) is 4.80. The van der Waals surface area contributed by atoms with Gasteiger partial charge in [0.05, 0.1) is 21.3 Å². The number of benzene rings is 3. The average Bonchev–Trinajstić information content (AvgIpc) is 2.70. The maximum atomic E-state index is 12.6. The first kappa shape index (κ1) is 17.5. The van der Waals surface area contributed by atoms with Crippen molar-refractivity contribution in [2.75, 3.05) is 21.3 Å². The third kappa shape index (κ3) is 3.54. The van der Waals surface area contributed by atoms with Gasteiger partial charge in [-0.2, -0.15) is 0 Å². The lowest BCUT2D eigenvalue weighted by Gasteiger charge is -2.09. The number of rotatable bonds is 6. The lowest BCUT2D eigenvalue weighted by Crippen LogP contribution is -1.95. The van der Waals surface area contributed by atoms with E-state index >= 15 is 0 Å². The molecular weight excluding hydrogens is 328 g/mol. The Morgan fingerprint density at radius 3 is 2.35 bits per heavy atom. The van der Waals surface area contributed by atoms with Gasteiger partial charge in [0.2, 0.25) is 0 Å². The maximum Gasteiger partial charge on any atom is 0.185 e. The molecule has 132 valence electrons. The van der Waals surface area contributed by atoms with Crippen molar-refractivity contribution in [3.05, 3.63) is 71.8 Å². The van der Waals surface area contributed by atoms with Crippen molar-refractivity contribution in [1.82, 2.24) is 0 Å². The number of carbonyl (C=O) groups excluding carboxylic acids is 1. The van der Waals surface area contributed by atoms with Crippen molar-refractivity contribution >= 4 is 22.6 Å². The van der Waals surface area contributed by atoms with Gasteiger partial charge in [0.1, 0.15) is 5.75 Å². The number of allylic oxidation sites excluding steroid dienone is 1. The molecule has 3 aromatic carbocycles. The zero-order valence-electron chi connectivity index (χ0n) is 15.0. The highest BCUT2D eigenvalue weighted by Crippen LogP contribution is 2.31. The van der Waals surface area contributed by atoms with Gasteiger partial charge in [0.15, 0.2) is 17.3 Å². The number of fused-ring (bicyclic) bond motifs is 1. The summed E-state index contributed by atoms with van der Waals surface area (Å²) in [5.41, 5.74) is 1.41. The Labute approximate surface area is 152 Å². The molecule has 3 aromatic rings. The van der Waals surface area contributed by atoms with Crippen molar-refractivity contribution < 1.29 is 19.0 Å². The summed E-state index contributed by atoms with van der Waals surface area (Å²) in [5.74, 6) is 1.94. The SMILES string of the molecule is COc1ccc2cc(C(=O)C=Cc3cccc(OC)c3OC)ccc2c1. The highest BCUT2D eigenvalue weighted by Gasteiger charge is 2.08. The molecule has 3 rings (SSSR count). The molecular formula is C22H20O4. The number of ketones is 1. The van der Waals surface area contributed by atoms with Gasteiger partial charge in [-0.3, -0.25) is 4.79 Å². The van der Waals surface area contributed by atoms with Crippen LogP contribution in [0.15, 0.2) is 60.7 Å². The molecule has 0 heterocycles. The molecule has 0 saturated heterocycles. The van der Waals surface area contributed by atoms with Gasteiger partial charge in [-0.25, -0.2) is 0 Å². The predicted molar refractivity (Wildman–Crippen MR) is 103 cm³/mol. The molecule has 0 atom stereocenters. The summed E-state index contributed by atoms with van der Waals surface area (Å²) in [6, 6.07) is 16.9. The van der Waals surface area contributed by atoms with Crippen molar-refractivity contribution in [3.8, 4) is 17.2 Å². The van der Waals surface area contributed by atoms with E-state index in [2.05, 4.69) is 0 Å². The van der Waals surface area contributed by atoms with E-state index in [0.717, 1.165) is 22.1 Å². The van der Waals surface area contributed by atoms with E-state index in [1.54, 1.807) is 33.5 Å². The van der Waals surface area contributed by atoms with Gasteiger partial charge in [0.25, 0.3) is 0 Å². The molecule has 0 aliphatic heterocycles. The van der Waals surface area contributed by atoms with E-state index in [0.29, 0.717) is 17.1 Å². The van der Waals surface area contributed by atoms with E-state index < -0.39 is 0 Å². The van der Waals surface area contributed by atoms with Crippen molar-refractivity contribution in [3.63, 3.8) is 0 Å². The second-order valence-corrected chi connectivity index (χ2v) is 5.71. The highest BCUT2D eigenvalue weighted by atomic mass is 16.5. The van der Waals surface area contributed by atoms with Crippen molar-refractivity contribution in [2.24, 2.45) is 0 Å². The summed E-state index contributed by atoms with van der Waals surface area (Å²) in [6.45, 7) is 0. The molecule has 0 unspecified atom stereocenters. The Morgan fingerprint density at radius 2 is 1.62 bits per heavy atom. The van der Waals surface area contributed by atoms with Crippen molar-refractivity contribution in [1.29, 1.82) is 0 Å². The van der Waals surface area contributed by atoms with Crippen LogP contribution >= 0.6 is 0 Å². The minimum absolute atomic E-state index is 0.0763. The Hall–Kier alpha value is -3.27. The molecule has 0 spiro atoms. The number of ether oxygens (including phenoxy) is 3. The van der Waals surface area contributed by atoms with Crippen molar-refractivity contribution in [2.45, 2.75) is 0 Å². The molecule has 0 radical (unpaired) electrons. The van der Waals surface area contributed by atoms with Crippen LogP contribution in [0.3, 0.4) is 0 Å². The molecule has 4 nitrogen and oxygen atoms in total. The molecule has 0 bridgehead atoms. The lowest BCUT2D eigenvalue weighted by molar-refractivity contribution is 0.104. The van der Waals surface area contributed by atoms with Gasteiger partial charge in [0, 0.05) is 11.1 Å². The third-order valence-corrected chi connectivity index (χ3v) is 4.18. The quantitative estimate of drug-likeness (QED) is 0.476. The minimum Gasteiger partial charge on any atom is -0.497 e. The van der Waals surface area contributed by atoms with Crippen LogP contribution in [0.4, 0.5) is 0 Å². The average molecular weight is 348 g/mol. The summed E-state index contributed by atoms with van der Waals surface area (Å²) in [5, 5.41) is 2.02. The molecule has 0 aliphatic rings. The Morgan fingerprint density at radius 1 is 0.846 bits per heavy atom. The second kappa shape index (κ2) is 7.74. The second-order valence-electron chi connectivity index (χ2n) is 5.71. The molecule has 0 fully saturated rings. The number of para-hydroxylation sites is 1. The predicted octanol–water partition coefficient (Wildman–Crippen LogP) is 4.76. The van der Waals surface area contributed by atoms with Crippen LogP contribution < -0.4 is 14.2 Å². The van der Waals surface area contributed by atoms with Crippen LogP contribution in [0.2, 0.25) is 0 Å². The summed E-state index contributed by atoms with van der Waals surface area (Å²) in [4.78, 5) is 12.6. The molecule has 0 saturated carbocycles. The van der Waals surface area contributed by atoms with Gasteiger partial charge < -0.3 is 14.2 Å². The van der Waals surface area contributed by atoms with Crippen LogP contribution in [0.1, 0.15) is 15.9 Å². The van der Waals surface area contributed by atoms with Gasteiger partial charge in [-0.1, -0.05) is 30.3 Å². The normalized spacial score (nSPS) is 10.9. The summed E-state index contributed by atoms with van der Waals surface area (Å²) >= 11 is 0. The Balaban J connectivity index is 1.88. The third-order valence-electron chi connectivity index (χ3n) is 4.18. The zero-order valence-corrected chi connectivity index (χ0v) is 15.0. The van der Waals surface area contributed by atoms with Crippen LogP contribution in [0, 0.1) is 0 Å². The number of hydrogen-bond acceptors (Lipinski definition) is 4. The minimum atomic E-state index is -0.0763. The monoisotopic (exact) mass is 348 g/mol. The number of hydrogen-bond donors (Lipinski definition) is 0. The van der Waals surface area contributed by atoms with E-state index in [1.807, 2.05) is 54.6 Å². The van der Waals surface area contributed by atoms with Crippen LogP contribution in [0.5, 0.6) is 17.2 Å². The number of carbonyl (C=O) groups is 1. The van der Waals surface area contributed by atoms with E-state index in [1.165, 1.54) is 0 Å². The first-order valence-corrected chi connectivity index (χ1v) is 8.17. The first-order chi connectivity index (χ1) is 12.7. The van der Waals surface area contributed by atoms with E-state index in [9.17, 15) is 4.79 Å². The molecule has 4 heteroatoms. The molecule has 0 amide bonds. The topological polar surface area (TPSA) is 44.8 Å². The number of methoxy groups -OCH3 is 3. The first-order valence-electron chi connectivity index (χ1n) is 8.17. The smallest absolute Gasteiger partial charge is 0.185 e. The van der Waals surface area contributed by atoms with Gasteiger partial charge >= 0.3 is 0 Å². The Bertz CT molecular complexity index is 973. The fraction of sp³-hybridized carbons (Fsp3) is 0.136. The van der Waals surface area contributed by atoms with Crippen LogP contribution in [-0.2, 0) is 0 Å². The largest absolute Gasteiger partial charge is 0.497 e. The maximum absolute atomic E-state index is 12.6. The fourth-order valence-corrected chi connectivity index (χ4v) is 2.81. The zero-order chi connectivity index (χ0) is 18.5. The Kier molecular flexibility index (Phi) is 5.23. The molecule has 0 aromatic heterocycles. The molecule has 0 aliphatic carbocycles. The summed E-state index contributed by atoms with van der Waals surface area (Å²) in [6.07, 6.45) is 3.28. The molecule has 26 heavy (non-hydrogen) atoms. The lowest BCUT2D eigenvalue weighted by atomic mass is 10.0. The standard InChI is InChI=1S/C22H20O4/c1-24-19-11-9-16-13-18(8-7-17(16)14-19)20(23)12-10-15-5-4-6-21(25-2)22(15)26-3/h4-14H,1-3H3. The fourth-order valence-electron chi connectivity index (χ4n) is 2.81. The van der Waals surface area contributed by atoms with Gasteiger partial charge in [-0.05, 0) is 47.2 Å². The summed E-state index contributed by atoms with van der Waals surface area (Å²) < 4.78 is 15.9. The molecule has 0 N–H and O–H groups in total. The van der Waals surface area contributed by atoms with E-state index in [-0.39, 0.29) is 5.78 Å². The van der Waals surface area contributed by atoms with E-state index in [4.69, 9.17) is 14.2 Å². The van der Waals surface area contributed by atoms with Crippen LogP contribution in [0.25, 0.3) is 16.8 Å².